The summed E-state index contributed by atoms with van der Waals surface area (Å²) >= 11 is 0. The molecule has 31 nitrogen and oxygen atoms in total. The number of nitrogens with two attached hydrogens (primary N) is 1. The Morgan fingerprint density at radius 3 is 1.58 bits per heavy atom. The molecule has 8 aromatic rings. The van der Waals surface area contributed by atoms with Crippen molar-refractivity contribution in [3.8, 4) is 6.07 Å². The average molecular weight is 1340 g/mol. The molecule has 504 valence electrons. The highest BCUT2D eigenvalue weighted by atomic mass is 31.2. The normalized spacial score (nSPS) is 27.8. The number of hydrogen-bond donors (Lipinski definition) is 5. The molecule has 6 bridgehead atoms. The number of hydrogen-bond acceptors (Lipinski definition) is 26. The number of halogens is 3. The standard InChI is InChI=1S/C25H29FN7O5P.C20H21FN6O5.C15H21FN6O2/c1-3-25-14-33(35-13-10-26)19(20(25)38-39(2)36-12-7-11-27)24(37-25)32-16-30-18-21(28-15-29-22(18)32)31-23(34)17-8-5-4-6-9-17;21-6-7-31-27-8-20(9-28)15(29)14(27)19(32-20)26-11-24-13-16(22-10-23-17(13)26)25-18(30)12-4-2-1-3-5-12;1-3-15-6-22(23-5-4-16)11(9(15)2)14(24-15)21-8-20-10-12(17)18-7-19-13(10)21/h4-6,8-9,15-16,19-20,24H,3,7,10,12-14H2,1-2H3,(H,28,29,31,34);1-5,10-11,14-15,19,28-29H,6-9H2,(H,22,23,25,30);7-9,11,14H,3-6H2,1-2H3,(H2,17,18,19)/t19-,20+,24-,25+,39?;14-,15+,19-,20-;9-,11+,14+,15-/m110/s1. The van der Waals surface area contributed by atoms with E-state index in [0.717, 1.165) is 6.42 Å². The summed E-state index contributed by atoms with van der Waals surface area (Å²) in [5.74, 6) is 0.389. The number of fused-ring (bicyclic) bond motifs is 9. The molecule has 6 aliphatic heterocycles. The monoisotopic (exact) mass is 1340 g/mol. The topological polar surface area (TPSA) is 363 Å². The maximum absolute atomic E-state index is 13.1. The Bertz CT molecular complexity index is 4020. The van der Waals surface area contributed by atoms with Gasteiger partial charge in [-0.1, -0.05) is 57.2 Å². The number of morpholine rings is 3. The van der Waals surface area contributed by atoms with Crippen LogP contribution in [0, 0.1) is 17.2 Å². The molecule has 6 aromatic heterocycles. The summed E-state index contributed by atoms with van der Waals surface area (Å²) in [5, 5.41) is 40.0. The van der Waals surface area contributed by atoms with Crippen molar-refractivity contribution in [2.24, 2.45) is 5.92 Å². The number of nitrogens with zero attached hydrogens (tertiary/aromatic N) is 16. The number of rotatable bonds is 24. The van der Waals surface area contributed by atoms with E-state index in [2.05, 4.69) is 75.4 Å². The van der Waals surface area contributed by atoms with Crippen LogP contribution < -0.4 is 16.4 Å². The third kappa shape index (κ3) is 12.7. The number of alkyl halides is 3. The number of nitrogens with one attached hydrogen (secondary N) is 2. The zero-order valence-electron chi connectivity index (χ0n) is 52.1. The lowest BCUT2D eigenvalue weighted by atomic mass is 9.88. The van der Waals surface area contributed by atoms with Gasteiger partial charge in [0.1, 0.15) is 80.0 Å². The van der Waals surface area contributed by atoms with Gasteiger partial charge in [-0.05, 0) is 37.1 Å². The van der Waals surface area contributed by atoms with Crippen molar-refractivity contribution in [2.75, 3.05) is 95.7 Å². The first-order chi connectivity index (χ1) is 46.2. The van der Waals surface area contributed by atoms with Gasteiger partial charge in [0.25, 0.3) is 11.8 Å². The molecule has 12 heterocycles. The van der Waals surface area contributed by atoms with Gasteiger partial charge >= 0.3 is 0 Å². The number of aliphatic hydroxyl groups is 2. The molecule has 0 radical (unpaired) electrons. The van der Waals surface area contributed by atoms with Gasteiger partial charge in [-0.2, -0.15) is 20.5 Å². The van der Waals surface area contributed by atoms with Crippen molar-refractivity contribution in [1.29, 1.82) is 5.26 Å². The van der Waals surface area contributed by atoms with E-state index in [9.17, 15) is 33.0 Å². The van der Waals surface area contributed by atoms with E-state index in [1.807, 2.05) is 35.4 Å². The summed E-state index contributed by atoms with van der Waals surface area (Å²) in [4.78, 5) is 80.6. The lowest BCUT2D eigenvalue weighted by Crippen LogP contribution is -2.48. The number of carbonyl (C=O) groups excluding carboxylic acids is 2. The number of imidazole rings is 3. The second-order valence-electron chi connectivity index (χ2n) is 23.1. The molecule has 6 aliphatic rings. The third-order valence-electron chi connectivity index (χ3n) is 17.9. The van der Waals surface area contributed by atoms with E-state index >= 15 is 0 Å². The Kier molecular flexibility index (Phi) is 20.3. The summed E-state index contributed by atoms with van der Waals surface area (Å²) in [7, 11) is -1.32. The predicted octanol–water partition coefficient (Wildman–Crippen LogP) is 5.19. The van der Waals surface area contributed by atoms with E-state index in [4.69, 9.17) is 48.8 Å². The van der Waals surface area contributed by atoms with Crippen LogP contribution in [0.5, 0.6) is 0 Å². The van der Waals surface area contributed by atoms with Crippen molar-refractivity contribution < 1.29 is 70.7 Å². The van der Waals surface area contributed by atoms with Gasteiger partial charge in [0.2, 0.25) is 0 Å². The smallest absolute Gasteiger partial charge is 0.256 e. The maximum Gasteiger partial charge on any atom is 0.256 e. The van der Waals surface area contributed by atoms with Crippen LogP contribution in [0.15, 0.2) is 98.6 Å². The molecule has 6 N–H and O–H groups in total. The Morgan fingerprint density at radius 2 is 1.08 bits per heavy atom. The summed E-state index contributed by atoms with van der Waals surface area (Å²) in [6.45, 7) is 6.93. The van der Waals surface area contributed by atoms with Crippen LogP contribution in [0.1, 0.15) is 79.4 Å². The van der Waals surface area contributed by atoms with E-state index in [-0.39, 0.29) is 86.6 Å². The SMILES string of the molecule is CC[C@@]12CN(OCCF)[C@@H]([C@H](n3cnc4c(N)ncnc43)O1)[C@@H]2C.CC[C@@]12CN(OCCF)[C@@H]([C@H](n3cnc4c(NC(=O)c5ccccc5)ncnc43)O1)[C@@H]2OP(C)OCCC#N.O=C(Nc1ncnc2c1ncn2[C@@H]1O[C@@]2(CO)CN(OCCF)[C@@H]1[C@@H]2O)c1ccccc1. The van der Waals surface area contributed by atoms with Crippen LogP contribution in [-0.4, -0.2) is 222 Å². The number of anilines is 3. The molecule has 6 saturated heterocycles. The first-order valence-corrected chi connectivity index (χ1v) is 32.4. The number of nitrogen functional groups attached to an aromatic ring is 1. The summed E-state index contributed by atoms with van der Waals surface area (Å²) in [5.41, 5.74) is 7.17. The van der Waals surface area contributed by atoms with Gasteiger partial charge in [0, 0.05) is 23.7 Å². The van der Waals surface area contributed by atoms with E-state index in [0.29, 0.717) is 69.9 Å². The van der Waals surface area contributed by atoms with Crippen LogP contribution >= 0.6 is 8.38 Å². The minimum Gasteiger partial charge on any atom is -0.393 e. The molecule has 13 atom stereocenters. The van der Waals surface area contributed by atoms with Gasteiger partial charge in [0.15, 0.2) is 72.5 Å². The second kappa shape index (κ2) is 28.8. The first kappa shape index (κ1) is 67.0. The number of nitriles is 1. The van der Waals surface area contributed by atoms with Crippen molar-refractivity contribution in [2.45, 2.75) is 106 Å². The van der Waals surface area contributed by atoms with E-state index < -0.39 is 83.0 Å². The van der Waals surface area contributed by atoms with Gasteiger partial charge in [-0.3, -0.25) is 37.8 Å². The lowest BCUT2D eigenvalue weighted by Gasteiger charge is -2.36. The number of carbonyl (C=O) groups is 2. The fourth-order valence-electron chi connectivity index (χ4n) is 13.2. The maximum atomic E-state index is 13.1. The summed E-state index contributed by atoms with van der Waals surface area (Å²) in [6, 6.07) is 18.3. The quantitative estimate of drug-likeness (QED) is 0.0384. The highest BCUT2D eigenvalue weighted by molar-refractivity contribution is 7.46. The number of hydroxylamine groups is 6. The van der Waals surface area contributed by atoms with E-state index in [1.165, 1.54) is 30.4 Å². The fraction of sp³-hybridized carbons (Fsp3) is 0.500. The van der Waals surface area contributed by atoms with Crippen molar-refractivity contribution in [1.82, 2.24) is 73.7 Å². The Balaban J connectivity index is 0.000000140. The van der Waals surface area contributed by atoms with Gasteiger partial charge in [0.05, 0.1) is 95.8 Å². The van der Waals surface area contributed by atoms with Crippen LogP contribution in [0.2, 0.25) is 0 Å². The molecule has 6 fully saturated rings. The average Bonchev–Trinajstić information content (AvgIpc) is 1.57. The third-order valence-corrected chi connectivity index (χ3v) is 19.0. The number of benzene rings is 2. The number of ether oxygens (including phenoxy) is 3. The van der Waals surface area contributed by atoms with Gasteiger partial charge in [-0.15, -0.1) is 0 Å². The Hall–Kier alpha value is -7.98. The fourth-order valence-corrected chi connectivity index (χ4v) is 14.3. The molecular formula is C60H71F3N19O12P. The molecular weight excluding hydrogens is 1270 g/mol. The molecule has 2 aromatic carbocycles. The number of amides is 2. The van der Waals surface area contributed by atoms with Crippen molar-refractivity contribution in [3.05, 3.63) is 110 Å². The van der Waals surface area contributed by atoms with Crippen LogP contribution in [0.25, 0.3) is 33.5 Å². The minimum absolute atomic E-state index is 0.0370. The van der Waals surface area contributed by atoms with E-state index in [1.54, 1.807) is 75.4 Å². The first-order valence-electron chi connectivity index (χ1n) is 30.8. The molecule has 0 aliphatic carbocycles. The Labute approximate surface area is 542 Å². The van der Waals surface area contributed by atoms with Crippen molar-refractivity contribution >= 4 is 71.1 Å². The molecule has 0 saturated carbocycles. The molecule has 14 rings (SSSR count). The Morgan fingerprint density at radius 1 is 0.642 bits per heavy atom. The molecule has 0 spiro atoms. The predicted molar refractivity (Wildman–Crippen MR) is 332 cm³/mol. The highest BCUT2D eigenvalue weighted by Crippen LogP contribution is 2.55. The molecule has 35 heteroatoms. The number of aliphatic hydroxyl groups excluding tert-OH is 2. The second-order valence-corrected chi connectivity index (χ2v) is 24.5. The number of aromatic nitrogens is 12. The molecule has 1 unspecified atom stereocenters. The van der Waals surface area contributed by atoms with Crippen LogP contribution in [0.3, 0.4) is 0 Å². The van der Waals surface area contributed by atoms with Crippen LogP contribution in [-0.2, 0) is 37.8 Å². The van der Waals surface area contributed by atoms with Gasteiger partial charge < -0.3 is 49.8 Å². The molecule has 95 heavy (non-hydrogen) atoms. The summed E-state index contributed by atoms with van der Waals surface area (Å²) in [6.07, 6.45) is 7.16. The zero-order valence-corrected chi connectivity index (χ0v) is 53.0. The molecule has 2 amide bonds. The van der Waals surface area contributed by atoms with Crippen molar-refractivity contribution in [3.63, 3.8) is 0 Å². The highest BCUT2D eigenvalue weighted by Gasteiger charge is 2.67. The van der Waals surface area contributed by atoms with Gasteiger partial charge in [-0.25, -0.2) is 58.0 Å². The minimum atomic E-state index is -1.32. The summed E-state index contributed by atoms with van der Waals surface area (Å²) < 4.78 is 74.7. The van der Waals surface area contributed by atoms with Crippen LogP contribution in [0.4, 0.5) is 30.6 Å². The lowest BCUT2D eigenvalue weighted by molar-refractivity contribution is -0.252. The zero-order chi connectivity index (χ0) is 66.6. The largest absolute Gasteiger partial charge is 0.393 e.